The second-order valence-corrected chi connectivity index (χ2v) is 7.71. The normalized spacial score (nSPS) is 30.9. The van der Waals surface area contributed by atoms with Gasteiger partial charge in [0.15, 0.2) is 0 Å². The van der Waals surface area contributed by atoms with Crippen LogP contribution in [0.3, 0.4) is 0 Å². The van der Waals surface area contributed by atoms with E-state index in [1.165, 1.54) is 31.5 Å². The lowest BCUT2D eigenvalue weighted by atomic mass is 10.1. The number of rotatable bonds is 6. The molecule has 0 spiro atoms. The Kier molecular flexibility index (Phi) is 5.41. The van der Waals surface area contributed by atoms with E-state index in [0.29, 0.717) is 6.04 Å². The van der Waals surface area contributed by atoms with E-state index in [4.69, 9.17) is 14.0 Å². The highest BCUT2D eigenvalue weighted by atomic mass is 16.5. The molecule has 1 aromatic rings. The topological polar surface area (TPSA) is 51.0 Å². The number of aromatic nitrogens is 1. The first-order valence-corrected chi connectivity index (χ1v) is 9.84. The molecule has 0 bridgehead atoms. The van der Waals surface area contributed by atoms with E-state index < -0.39 is 0 Å². The Morgan fingerprint density at radius 2 is 2.00 bits per heavy atom. The van der Waals surface area contributed by atoms with Crippen LogP contribution in [0.2, 0.25) is 0 Å². The third kappa shape index (κ3) is 3.77. The van der Waals surface area contributed by atoms with Crippen molar-refractivity contribution in [2.24, 2.45) is 0 Å². The molecule has 4 rings (SSSR count). The quantitative estimate of drug-likeness (QED) is 0.784. The highest BCUT2D eigenvalue weighted by Gasteiger charge is 2.43. The molecule has 0 aromatic carbocycles. The summed E-state index contributed by atoms with van der Waals surface area (Å²) in [6, 6.07) is 0.458. The highest BCUT2D eigenvalue weighted by molar-refractivity contribution is 5.21. The summed E-state index contributed by atoms with van der Waals surface area (Å²) in [5, 5.41) is 4.10. The number of morpholine rings is 1. The maximum atomic E-state index is 6.24. The van der Waals surface area contributed by atoms with Crippen molar-refractivity contribution >= 4 is 0 Å². The summed E-state index contributed by atoms with van der Waals surface area (Å²) < 4.78 is 17.7. The average Bonchev–Trinajstić information content (AvgIpc) is 3.33. The molecule has 1 aromatic heterocycles. The molecule has 1 aliphatic carbocycles. The fourth-order valence-corrected chi connectivity index (χ4v) is 4.64. The lowest BCUT2D eigenvalue weighted by molar-refractivity contribution is -0.116. The summed E-state index contributed by atoms with van der Waals surface area (Å²) in [6.45, 7) is 11.1. The van der Waals surface area contributed by atoms with Crippen molar-refractivity contribution in [3.05, 3.63) is 17.0 Å². The van der Waals surface area contributed by atoms with Crippen molar-refractivity contribution in [1.29, 1.82) is 0 Å². The first-order chi connectivity index (χ1) is 12.2. The van der Waals surface area contributed by atoms with Gasteiger partial charge in [0.2, 0.25) is 0 Å². The number of nitrogens with zero attached hydrogens (tertiary/aromatic N) is 3. The van der Waals surface area contributed by atoms with Gasteiger partial charge in [0.05, 0.1) is 31.1 Å². The fourth-order valence-electron chi connectivity index (χ4n) is 4.64. The van der Waals surface area contributed by atoms with Crippen LogP contribution in [-0.4, -0.2) is 72.6 Å². The summed E-state index contributed by atoms with van der Waals surface area (Å²) in [6.07, 6.45) is 5.41. The maximum Gasteiger partial charge on any atom is 0.138 e. The predicted octanol–water partition coefficient (Wildman–Crippen LogP) is 2.14. The summed E-state index contributed by atoms with van der Waals surface area (Å²) in [4.78, 5) is 5.06. The smallest absolute Gasteiger partial charge is 0.138 e. The molecule has 3 atom stereocenters. The minimum absolute atomic E-state index is 0.216. The Bertz CT molecular complexity index is 551. The van der Waals surface area contributed by atoms with Crippen molar-refractivity contribution in [1.82, 2.24) is 15.0 Å². The van der Waals surface area contributed by atoms with Gasteiger partial charge in [-0.15, -0.1) is 0 Å². The third-order valence-electron chi connectivity index (χ3n) is 6.13. The minimum atomic E-state index is 0.216. The largest absolute Gasteiger partial charge is 0.374 e. The van der Waals surface area contributed by atoms with Gasteiger partial charge in [0.25, 0.3) is 0 Å². The summed E-state index contributed by atoms with van der Waals surface area (Å²) in [5.74, 6) is 0.942. The predicted molar refractivity (Wildman–Crippen MR) is 94.6 cm³/mol. The average molecular weight is 349 g/mol. The second kappa shape index (κ2) is 7.74. The van der Waals surface area contributed by atoms with E-state index >= 15 is 0 Å². The number of hydrogen-bond acceptors (Lipinski definition) is 6. The van der Waals surface area contributed by atoms with Gasteiger partial charge in [-0.25, -0.2) is 0 Å². The Labute approximate surface area is 150 Å². The van der Waals surface area contributed by atoms with Crippen LogP contribution < -0.4 is 0 Å². The molecule has 6 heteroatoms. The zero-order valence-electron chi connectivity index (χ0n) is 15.6. The van der Waals surface area contributed by atoms with Gasteiger partial charge in [-0.1, -0.05) is 5.16 Å². The van der Waals surface area contributed by atoms with E-state index in [0.717, 1.165) is 57.1 Å². The monoisotopic (exact) mass is 349 g/mol. The molecule has 6 nitrogen and oxygen atoms in total. The molecule has 2 saturated heterocycles. The van der Waals surface area contributed by atoms with Crippen LogP contribution in [0, 0.1) is 13.8 Å². The SMILES string of the molecule is Cc1noc(C)c1CN1CCO[C@@H]2[C@@H](OCCN3CCCC3)CC[C@H]21. The van der Waals surface area contributed by atoms with Gasteiger partial charge in [-0.2, -0.15) is 0 Å². The molecular formula is C19H31N3O3. The maximum absolute atomic E-state index is 6.24. The van der Waals surface area contributed by atoms with Gasteiger partial charge in [0.1, 0.15) is 5.76 Å². The van der Waals surface area contributed by atoms with Crippen LogP contribution in [0.1, 0.15) is 42.7 Å². The van der Waals surface area contributed by atoms with E-state index in [9.17, 15) is 0 Å². The number of fused-ring (bicyclic) bond motifs is 1. The number of likely N-dealkylation sites (tertiary alicyclic amines) is 1. The van der Waals surface area contributed by atoms with E-state index in [-0.39, 0.29) is 12.2 Å². The van der Waals surface area contributed by atoms with Crippen LogP contribution in [0.5, 0.6) is 0 Å². The number of ether oxygens (including phenoxy) is 2. The van der Waals surface area contributed by atoms with Crippen LogP contribution in [0.4, 0.5) is 0 Å². The Balaban J connectivity index is 1.32. The lowest BCUT2D eigenvalue weighted by Crippen LogP contribution is -2.51. The van der Waals surface area contributed by atoms with E-state index in [1.54, 1.807) is 0 Å². The molecule has 0 amide bonds. The first kappa shape index (κ1) is 17.5. The van der Waals surface area contributed by atoms with Crippen molar-refractivity contribution in [2.75, 3.05) is 39.4 Å². The van der Waals surface area contributed by atoms with Crippen molar-refractivity contribution < 1.29 is 14.0 Å². The zero-order valence-corrected chi connectivity index (χ0v) is 15.6. The molecule has 3 heterocycles. The van der Waals surface area contributed by atoms with Crippen LogP contribution in [-0.2, 0) is 16.0 Å². The van der Waals surface area contributed by atoms with Gasteiger partial charge in [0, 0.05) is 31.2 Å². The Hall–Kier alpha value is -0.950. The molecular weight excluding hydrogens is 318 g/mol. The molecule has 3 fully saturated rings. The third-order valence-corrected chi connectivity index (χ3v) is 6.13. The number of aryl methyl sites for hydroxylation is 2. The number of hydrogen-bond donors (Lipinski definition) is 0. The first-order valence-electron chi connectivity index (χ1n) is 9.84. The van der Waals surface area contributed by atoms with Crippen LogP contribution >= 0.6 is 0 Å². The van der Waals surface area contributed by atoms with Gasteiger partial charge >= 0.3 is 0 Å². The van der Waals surface area contributed by atoms with Crippen molar-refractivity contribution in [3.8, 4) is 0 Å². The summed E-state index contributed by atoms with van der Waals surface area (Å²) >= 11 is 0. The lowest BCUT2D eigenvalue weighted by Gasteiger charge is -2.39. The standard InChI is InChI=1S/C19H31N3O3/c1-14-16(15(2)25-20-14)13-22-10-12-24-19-17(22)5-6-18(19)23-11-9-21-7-3-4-8-21/h17-19H,3-13H2,1-2H3/t17-,18+,19+/m1/s1. The van der Waals surface area contributed by atoms with E-state index in [1.807, 2.05) is 13.8 Å². The van der Waals surface area contributed by atoms with Crippen molar-refractivity contribution in [3.63, 3.8) is 0 Å². The molecule has 2 aliphatic heterocycles. The minimum Gasteiger partial charge on any atom is -0.374 e. The second-order valence-electron chi connectivity index (χ2n) is 7.71. The van der Waals surface area contributed by atoms with Gasteiger partial charge in [-0.3, -0.25) is 4.90 Å². The fraction of sp³-hybridized carbons (Fsp3) is 0.842. The molecule has 140 valence electrons. The Morgan fingerprint density at radius 3 is 2.76 bits per heavy atom. The molecule has 25 heavy (non-hydrogen) atoms. The highest BCUT2D eigenvalue weighted by Crippen LogP contribution is 2.33. The van der Waals surface area contributed by atoms with Crippen LogP contribution in [0.15, 0.2) is 4.52 Å². The molecule has 0 radical (unpaired) electrons. The Morgan fingerprint density at radius 1 is 1.16 bits per heavy atom. The summed E-state index contributed by atoms with van der Waals surface area (Å²) in [5.41, 5.74) is 2.25. The molecule has 0 unspecified atom stereocenters. The molecule has 0 N–H and O–H groups in total. The summed E-state index contributed by atoms with van der Waals surface area (Å²) in [7, 11) is 0. The van der Waals surface area contributed by atoms with E-state index in [2.05, 4.69) is 15.0 Å². The van der Waals surface area contributed by atoms with Gasteiger partial charge < -0.3 is 18.9 Å². The molecule has 3 aliphatic rings. The molecule has 1 saturated carbocycles. The zero-order chi connectivity index (χ0) is 17.2. The van der Waals surface area contributed by atoms with Gasteiger partial charge in [-0.05, 0) is 52.6 Å². The van der Waals surface area contributed by atoms with Crippen molar-refractivity contribution in [2.45, 2.75) is 64.3 Å². The van der Waals surface area contributed by atoms with Crippen LogP contribution in [0.25, 0.3) is 0 Å².